The predicted molar refractivity (Wildman–Crippen MR) is 56.5 cm³/mol. The average molecular weight is 260 g/mol. The van der Waals surface area contributed by atoms with Crippen LogP contribution in [-0.2, 0) is 33.3 Å². The van der Waals surface area contributed by atoms with Crippen molar-refractivity contribution < 1.29 is 33.3 Å². The molecule has 0 N–H and O–H groups in total. The fourth-order valence-corrected chi connectivity index (χ4v) is 2.02. The van der Waals surface area contributed by atoms with Crippen LogP contribution in [0.25, 0.3) is 0 Å². The van der Waals surface area contributed by atoms with Gasteiger partial charge in [0.2, 0.25) is 5.79 Å². The lowest BCUT2D eigenvalue weighted by Crippen LogP contribution is -2.44. The summed E-state index contributed by atoms with van der Waals surface area (Å²) >= 11 is 0. The van der Waals surface area contributed by atoms with Crippen LogP contribution in [0, 0.1) is 0 Å². The van der Waals surface area contributed by atoms with E-state index in [1.807, 2.05) is 0 Å². The van der Waals surface area contributed by atoms with E-state index < -0.39 is 17.9 Å². The van der Waals surface area contributed by atoms with E-state index in [-0.39, 0.29) is 31.4 Å². The molecule has 0 aliphatic carbocycles. The third kappa shape index (κ3) is 2.47. The van der Waals surface area contributed by atoms with Crippen LogP contribution in [0.15, 0.2) is 0 Å². The second kappa shape index (κ2) is 4.83. The molecule has 18 heavy (non-hydrogen) atoms. The van der Waals surface area contributed by atoms with Gasteiger partial charge in [-0.25, -0.2) is 0 Å². The molecule has 7 heteroatoms. The normalized spacial score (nSPS) is 36.9. The summed E-state index contributed by atoms with van der Waals surface area (Å²) in [6, 6.07) is 0. The molecule has 0 spiro atoms. The van der Waals surface area contributed by atoms with Gasteiger partial charge >= 0.3 is 11.9 Å². The average Bonchev–Trinajstić information content (AvgIpc) is 3.04. The Hall–Kier alpha value is -1.18. The van der Waals surface area contributed by atoms with E-state index in [4.69, 9.17) is 23.7 Å². The number of carbonyl (C=O) groups is 2. The van der Waals surface area contributed by atoms with Gasteiger partial charge in [0.15, 0.2) is 0 Å². The highest BCUT2D eigenvalue weighted by Crippen LogP contribution is 2.46. The molecule has 4 atom stereocenters. The summed E-state index contributed by atoms with van der Waals surface area (Å²) in [5.74, 6) is -1.90. The lowest BCUT2D eigenvalue weighted by molar-refractivity contribution is -0.270. The van der Waals surface area contributed by atoms with Gasteiger partial charge in [-0.3, -0.25) is 9.59 Å². The van der Waals surface area contributed by atoms with E-state index in [1.165, 1.54) is 21.0 Å². The van der Waals surface area contributed by atoms with Crippen LogP contribution in [0.3, 0.4) is 0 Å². The molecule has 2 fully saturated rings. The lowest BCUT2D eigenvalue weighted by Gasteiger charge is -2.29. The zero-order valence-corrected chi connectivity index (χ0v) is 10.5. The number of carbonyl (C=O) groups excluding carboxylic acids is 2. The number of fused-ring (bicyclic) bond motifs is 1. The molecule has 7 nitrogen and oxygen atoms in total. The topological polar surface area (TPSA) is 83.6 Å². The number of methoxy groups -OCH3 is 1. The molecule has 0 aromatic heterocycles. The van der Waals surface area contributed by atoms with Crippen molar-refractivity contribution in [2.45, 2.75) is 37.9 Å². The maximum Gasteiger partial charge on any atom is 0.302 e. The molecule has 2 heterocycles. The van der Waals surface area contributed by atoms with Gasteiger partial charge in [-0.05, 0) is 0 Å². The molecular weight excluding hydrogens is 244 g/mol. The van der Waals surface area contributed by atoms with Gasteiger partial charge < -0.3 is 23.7 Å². The molecule has 0 amide bonds. The van der Waals surface area contributed by atoms with E-state index in [1.54, 1.807) is 0 Å². The zero-order valence-electron chi connectivity index (χ0n) is 10.5. The summed E-state index contributed by atoms with van der Waals surface area (Å²) in [4.78, 5) is 21.6. The molecule has 0 aromatic rings. The van der Waals surface area contributed by atoms with Crippen LogP contribution in [0.4, 0.5) is 0 Å². The second-order valence-electron chi connectivity index (χ2n) is 4.28. The molecule has 2 rings (SSSR count). The lowest BCUT2D eigenvalue weighted by atomic mass is 10.1. The van der Waals surface area contributed by atoms with Gasteiger partial charge in [-0.1, -0.05) is 0 Å². The van der Waals surface area contributed by atoms with Crippen LogP contribution in [0.5, 0.6) is 0 Å². The minimum absolute atomic E-state index is 0.0451. The van der Waals surface area contributed by atoms with Crippen LogP contribution >= 0.6 is 0 Å². The molecule has 0 unspecified atom stereocenters. The molecule has 0 aromatic carbocycles. The summed E-state index contributed by atoms with van der Waals surface area (Å²) in [5.41, 5.74) is 0. The predicted octanol–water partition coefficient (Wildman–Crippen LogP) is -0.378. The summed E-state index contributed by atoms with van der Waals surface area (Å²) < 4.78 is 26.1. The first-order valence-electron chi connectivity index (χ1n) is 5.63. The summed E-state index contributed by atoms with van der Waals surface area (Å²) in [6.45, 7) is 2.68. The van der Waals surface area contributed by atoms with Crippen molar-refractivity contribution in [3.05, 3.63) is 0 Å². The Morgan fingerprint density at radius 3 is 2.44 bits per heavy atom. The van der Waals surface area contributed by atoms with E-state index in [0.717, 1.165) is 0 Å². The SMILES string of the molecule is CO[C@@]1(COC(C)=O)O[C@H](COC(C)=O)[C@@H]2O[C@@H]21. The second-order valence-corrected chi connectivity index (χ2v) is 4.28. The van der Waals surface area contributed by atoms with Crippen molar-refractivity contribution in [1.29, 1.82) is 0 Å². The van der Waals surface area contributed by atoms with E-state index >= 15 is 0 Å². The summed E-state index contributed by atoms with van der Waals surface area (Å²) in [7, 11) is 1.45. The molecular formula is C11H16O7. The molecule has 0 radical (unpaired) electrons. The largest absolute Gasteiger partial charge is 0.463 e. The Morgan fingerprint density at radius 2 is 1.89 bits per heavy atom. The number of hydrogen-bond donors (Lipinski definition) is 0. The summed E-state index contributed by atoms with van der Waals surface area (Å²) in [5, 5.41) is 0. The fraction of sp³-hybridized carbons (Fsp3) is 0.818. The minimum Gasteiger partial charge on any atom is -0.463 e. The van der Waals surface area contributed by atoms with Crippen molar-refractivity contribution in [3.8, 4) is 0 Å². The monoisotopic (exact) mass is 260 g/mol. The van der Waals surface area contributed by atoms with Gasteiger partial charge in [-0.15, -0.1) is 0 Å². The first kappa shape index (κ1) is 13.3. The summed E-state index contributed by atoms with van der Waals surface area (Å²) in [6.07, 6.45) is -0.864. The van der Waals surface area contributed by atoms with Crippen LogP contribution in [0.1, 0.15) is 13.8 Å². The van der Waals surface area contributed by atoms with Crippen molar-refractivity contribution in [3.63, 3.8) is 0 Å². The third-order valence-electron chi connectivity index (χ3n) is 2.95. The van der Waals surface area contributed by atoms with Gasteiger partial charge in [0.1, 0.15) is 31.5 Å². The first-order chi connectivity index (χ1) is 8.48. The van der Waals surface area contributed by atoms with E-state index in [2.05, 4.69) is 0 Å². The Kier molecular flexibility index (Phi) is 3.56. The molecule has 2 saturated heterocycles. The van der Waals surface area contributed by atoms with Crippen LogP contribution < -0.4 is 0 Å². The molecule has 0 bridgehead atoms. The van der Waals surface area contributed by atoms with Crippen molar-refractivity contribution in [1.82, 2.24) is 0 Å². The number of ether oxygens (including phenoxy) is 5. The standard InChI is InChI=1S/C11H16O7/c1-6(12)15-4-8-9-10(17-9)11(14-3,18-8)5-16-7(2)13/h8-10H,4-5H2,1-3H3/t8-,9+,10+,11+/m1/s1. The molecule has 2 aliphatic heterocycles. The van der Waals surface area contributed by atoms with Gasteiger partial charge in [0.25, 0.3) is 0 Å². The Balaban J connectivity index is 1.94. The first-order valence-corrected chi connectivity index (χ1v) is 5.63. The highest BCUT2D eigenvalue weighted by Gasteiger charge is 2.68. The Labute approximate surface area is 104 Å². The van der Waals surface area contributed by atoms with Gasteiger partial charge in [0.05, 0.1) is 0 Å². The van der Waals surface area contributed by atoms with E-state index in [0.29, 0.717) is 0 Å². The molecule has 0 saturated carbocycles. The van der Waals surface area contributed by atoms with Crippen molar-refractivity contribution >= 4 is 11.9 Å². The highest BCUT2D eigenvalue weighted by molar-refractivity contribution is 5.66. The number of epoxide rings is 1. The molecule has 2 aliphatic rings. The number of rotatable bonds is 5. The van der Waals surface area contributed by atoms with Gasteiger partial charge in [-0.2, -0.15) is 0 Å². The highest BCUT2D eigenvalue weighted by atomic mass is 16.8. The fourth-order valence-electron chi connectivity index (χ4n) is 2.02. The number of esters is 2. The number of hydrogen-bond acceptors (Lipinski definition) is 7. The Bertz CT molecular complexity index is 355. The quantitative estimate of drug-likeness (QED) is 0.492. The van der Waals surface area contributed by atoms with Crippen molar-refractivity contribution in [2.24, 2.45) is 0 Å². The zero-order chi connectivity index (χ0) is 13.3. The van der Waals surface area contributed by atoms with Gasteiger partial charge in [0, 0.05) is 21.0 Å². The minimum atomic E-state index is -1.10. The third-order valence-corrected chi connectivity index (χ3v) is 2.95. The maximum absolute atomic E-state index is 10.8. The van der Waals surface area contributed by atoms with Crippen LogP contribution in [-0.4, -0.2) is 56.4 Å². The van der Waals surface area contributed by atoms with Crippen LogP contribution in [0.2, 0.25) is 0 Å². The smallest absolute Gasteiger partial charge is 0.302 e. The van der Waals surface area contributed by atoms with E-state index in [9.17, 15) is 9.59 Å². The molecule has 102 valence electrons. The van der Waals surface area contributed by atoms with Crippen molar-refractivity contribution in [2.75, 3.05) is 20.3 Å². The maximum atomic E-state index is 10.8. The Morgan fingerprint density at radius 1 is 1.22 bits per heavy atom.